The SMILES string of the molecule is COc1ccc(C)cc1CC(C)(N)C(F)(F)F. The average Bonchev–Trinajstić information content (AvgIpc) is 2.15. The Morgan fingerprint density at radius 2 is 1.88 bits per heavy atom. The second kappa shape index (κ2) is 4.56. The van der Waals surface area contributed by atoms with E-state index in [1.165, 1.54) is 7.11 Å². The van der Waals surface area contributed by atoms with E-state index in [9.17, 15) is 13.2 Å². The lowest BCUT2D eigenvalue weighted by Gasteiger charge is -2.28. The molecule has 2 N–H and O–H groups in total. The van der Waals surface area contributed by atoms with Gasteiger partial charge < -0.3 is 10.5 Å². The van der Waals surface area contributed by atoms with Crippen LogP contribution in [0.3, 0.4) is 0 Å². The lowest BCUT2D eigenvalue weighted by molar-refractivity contribution is -0.180. The summed E-state index contributed by atoms with van der Waals surface area (Å²) in [6.07, 6.45) is -4.75. The largest absolute Gasteiger partial charge is 0.496 e. The van der Waals surface area contributed by atoms with Crippen molar-refractivity contribution in [2.75, 3.05) is 7.11 Å². The Labute approximate surface area is 98.6 Å². The molecular formula is C12H16F3NO. The fourth-order valence-electron chi connectivity index (χ4n) is 1.54. The molecule has 0 aliphatic carbocycles. The Balaban J connectivity index is 3.06. The van der Waals surface area contributed by atoms with Crippen LogP contribution in [-0.2, 0) is 6.42 Å². The number of nitrogens with two attached hydrogens (primary N) is 1. The van der Waals surface area contributed by atoms with E-state index < -0.39 is 11.7 Å². The maximum absolute atomic E-state index is 12.7. The second-order valence-electron chi connectivity index (χ2n) is 4.41. The molecule has 0 aliphatic heterocycles. The maximum Gasteiger partial charge on any atom is 0.406 e. The Bertz CT molecular complexity index is 399. The summed E-state index contributed by atoms with van der Waals surface area (Å²) >= 11 is 0. The van der Waals surface area contributed by atoms with Crippen molar-refractivity contribution in [3.05, 3.63) is 29.3 Å². The number of hydrogen-bond donors (Lipinski definition) is 1. The van der Waals surface area contributed by atoms with Gasteiger partial charge in [0.1, 0.15) is 11.3 Å². The third-order valence-corrected chi connectivity index (χ3v) is 2.64. The fourth-order valence-corrected chi connectivity index (χ4v) is 1.54. The van der Waals surface area contributed by atoms with Gasteiger partial charge in [-0.1, -0.05) is 17.7 Å². The van der Waals surface area contributed by atoms with Crippen LogP contribution in [0.15, 0.2) is 18.2 Å². The van der Waals surface area contributed by atoms with Gasteiger partial charge in [0, 0.05) is 6.42 Å². The Morgan fingerprint density at radius 3 is 2.35 bits per heavy atom. The van der Waals surface area contributed by atoms with Gasteiger partial charge >= 0.3 is 6.18 Å². The molecule has 1 aromatic rings. The highest BCUT2D eigenvalue weighted by Gasteiger charge is 2.48. The molecule has 0 amide bonds. The van der Waals surface area contributed by atoms with Crippen molar-refractivity contribution in [3.63, 3.8) is 0 Å². The van der Waals surface area contributed by atoms with Crippen molar-refractivity contribution in [1.82, 2.24) is 0 Å². The number of halogens is 3. The van der Waals surface area contributed by atoms with Crippen LogP contribution in [0, 0.1) is 6.92 Å². The van der Waals surface area contributed by atoms with Crippen LogP contribution in [-0.4, -0.2) is 18.8 Å². The van der Waals surface area contributed by atoms with Crippen molar-refractivity contribution >= 4 is 0 Å². The molecule has 0 saturated carbocycles. The number of aryl methyl sites for hydroxylation is 1. The molecule has 2 nitrogen and oxygen atoms in total. The Kier molecular flexibility index (Phi) is 3.71. The molecule has 0 fully saturated rings. The van der Waals surface area contributed by atoms with Crippen LogP contribution in [0.5, 0.6) is 5.75 Å². The molecule has 0 aliphatic rings. The van der Waals surface area contributed by atoms with Crippen molar-refractivity contribution in [1.29, 1.82) is 0 Å². The molecule has 1 unspecified atom stereocenters. The lowest BCUT2D eigenvalue weighted by Crippen LogP contribution is -2.52. The molecule has 96 valence electrons. The highest BCUT2D eigenvalue weighted by Crippen LogP contribution is 2.33. The van der Waals surface area contributed by atoms with Gasteiger partial charge in [-0.3, -0.25) is 0 Å². The summed E-state index contributed by atoms with van der Waals surface area (Å²) < 4.78 is 43.1. The van der Waals surface area contributed by atoms with Gasteiger partial charge in [-0.2, -0.15) is 13.2 Å². The minimum Gasteiger partial charge on any atom is -0.496 e. The normalized spacial score (nSPS) is 15.5. The molecular weight excluding hydrogens is 231 g/mol. The molecule has 1 aromatic carbocycles. The monoisotopic (exact) mass is 247 g/mol. The predicted molar refractivity (Wildman–Crippen MR) is 60.1 cm³/mol. The zero-order valence-corrected chi connectivity index (χ0v) is 10.1. The standard InChI is InChI=1S/C12H16F3NO/c1-8-4-5-10(17-3)9(6-8)7-11(2,16)12(13,14)15/h4-6H,7,16H2,1-3H3. The first kappa shape index (κ1) is 13.8. The molecule has 5 heteroatoms. The van der Waals surface area contributed by atoms with Crippen LogP contribution in [0.4, 0.5) is 13.2 Å². The van der Waals surface area contributed by atoms with Crippen molar-refractivity contribution < 1.29 is 17.9 Å². The summed E-state index contributed by atoms with van der Waals surface area (Å²) in [5, 5.41) is 0. The fraction of sp³-hybridized carbons (Fsp3) is 0.500. The van der Waals surface area contributed by atoms with Gasteiger partial charge in [-0.25, -0.2) is 0 Å². The van der Waals surface area contributed by atoms with Crippen LogP contribution < -0.4 is 10.5 Å². The number of alkyl halides is 3. The summed E-state index contributed by atoms with van der Waals surface area (Å²) in [5.41, 5.74) is 4.40. The van der Waals surface area contributed by atoms with E-state index in [4.69, 9.17) is 10.5 Å². The molecule has 0 saturated heterocycles. The topological polar surface area (TPSA) is 35.2 Å². The maximum atomic E-state index is 12.7. The quantitative estimate of drug-likeness (QED) is 0.891. The summed E-state index contributed by atoms with van der Waals surface area (Å²) in [7, 11) is 1.43. The van der Waals surface area contributed by atoms with E-state index in [-0.39, 0.29) is 6.42 Å². The van der Waals surface area contributed by atoms with Gasteiger partial charge in [0.05, 0.1) is 7.11 Å². The van der Waals surface area contributed by atoms with Gasteiger partial charge in [0.2, 0.25) is 0 Å². The molecule has 1 atom stereocenters. The smallest absolute Gasteiger partial charge is 0.406 e. The summed E-state index contributed by atoms with van der Waals surface area (Å²) in [5.74, 6) is 0.427. The second-order valence-corrected chi connectivity index (χ2v) is 4.41. The number of benzene rings is 1. The summed E-state index contributed by atoms with van der Waals surface area (Å²) in [6.45, 7) is 2.79. The van der Waals surface area contributed by atoms with Gasteiger partial charge in [0.15, 0.2) is 0 Å². The molecule has 0 aromatic heterocycles. The van der Waals surface area contributed by atoms with E-state index in [2.05, 4.69) is 0 Å². The number of hydrogen-bond acceptors (Lipinski definition) is 2. The van der Waals surface area contributed by atoms with Crippen molar-refractivity contribution in [2.45, 2.75) is 32.0 Å². The first-order valence-electron chi connectivity index (χ1n) is 5.16. The van der Waals surface area contributed by atoms with Crippen molar-refractivity contribution in [3.8, 4) is 5.75 Å². The highest BCUT2D eigenvalue weighted by molar-refractivity contribution is 5.38. The van der Waals surface area contributed by atoms with E-state index in [1.807, 2.05) is 6.92 Å². The van der Waals surface area contributed by atoms with Gasteiger partial charge in [-0.15, -0.1) is 0 Å². The van der Waals surface area contributed by atoms with E-state index in [0.717, 1.165) is 12.5 Å². The summed E-state index contributed by atoms with van der Waals surface area (Å²) in [4.78, 5) is 0. The Hall–Kier alpha value is -1.23. The van der Waals surface area contributed by atoms with E-state index >= 15 is 0 Å². The first-order chi connectivity index (χ1) is 7.67. The van der Waals surface area contributed by atoms with Gasteiger partial charge in [-0.05, 0) is 25.5 Å². The minimum absolute atomic E-state index is 0.304. The van der Waals surface area contributed by atoms with Crippen LogP contribution in [0.2, 0.25) is 0 Å². The van der Waals surface area contributed by atoms with Crippen LogP contribution in [0.1, 0.15) is 18.1 Å². The van der Waals surface area contributed by atoms with Crippen molar-refractivity contribution in [2.24, 2.45) is 5.73 Å². The van der Waals surface area contributed by atoms with Crippen LogP contribution in [0.25, 0.3) is 0 Å². The van der Waals surface area contributed by atoms with Gasteiger partial charge in [0.25, 0.3) is 0 Å². The predicted octanol–water partition coefficient (Wildman–Crippen LogP) is 2.83. The zero-order valence-electron chi connectivity index (χ0n) is 10.1. The Morgan fingerprint density at radius 1 is 1.29 bits per heavy atom. The molecule has 0 spiro atoms. The third kappa shape index (κ3) is 3.12. The minimum atomic E-state index is -4.44. The third-order valence-electron chi connectivity index (χ3n) is 2.64. The molecule has 0 bridgehead atoms. The van der Waals surface area contributed by atoms with E-state index in [1.54, 1.807) is 18.2 Å². The van der Waals surface area contributed by atoms with Crippen LogP contribution >= 0.6 is 0 Å². The molecule has 1 rings (SSSR count). The first-order valence-corrected chi connectivity index (χ1v) is 5.16. The summed E-state index contributed by atoms with van der Waals surface area (Å²) in [6, 6.07) is 5.09. The average molecular weight is 247 g/mol. The highest BCUT2D eigenvalue weighted by atomic mass is 19.4. The zero-order chi connectivity index (χ0) is 13.3. The van der Waals surface area contributed by atoms with E-state index in [0.29, 0.717) is 11.3 Å². The number of methoxy groups -OCH3 is 1. The lowest BCUT2D eigenvalue weighted by atomic mass is 9.92. The number of ether oxygens (including phenoxy) is 1. The number of rotatable bonds is 3. The molecule has 17 heavy (non-hydrogen) atoms. The molecule has 0 heterocycles. The molecule has 0 radical (unpaired) electrons.